The van der Waals surface area contributed by atoms with Crippen LogP contribution in [0.1, 0.15) is 13.8 Å². The van der Waals surface area contributed by atoms with Gasteiger partial charge >= 0.3 is 0 Å². The van der Waals surface area contributed by atoms with Crippen LogP contribution in [0, 0.1) is 0 Å². The van der Waals surface area contributed by atoms with E-state index in [1.165, 1.54) is 13.0 Å². The van der Waals surface area contributed by atoms with E-state index in [-0.39, 0.29) is 5.57 Å². The van der Waals surface area contributed by atoms with Crippen molar-refractivity contribution in [3.05, 3.63) is 23.4 Å². The molecule has 0 aromatic rings. The largest absolute Gasteiger partial charge is 0.248 e. The van der Waals surface area contributed by atoms with Gasteiger partial charge in [-0.1, -0.05) is 6.08 Å². The van der Waals surface area contributed by atoms with Crippen molar-refractivity contribution in [2.75, 3.05) is 0 Å². The highest BCUT2D eigenvalue weighted by atomic mass is 19.2. The fourth-order valence-corrected chi connectivity index (χ4v) is 0.359. The highest BCUT2D eigenvalue weighted by molar-refractivity contribution is 5.32. The summed E-state index contributed by atoms with van der Waals surface area (Å²) in [6.07, 6.45) is 1.46. The molecule has 56 valence electrons. The lowest BCUT2D eigenvalue weighted by Gasteiger charge is -1.93. The van der Waals surface area contributed by atoms with E-state index in [1.54, 1.807) is 6.92 Å². The zero-order valence-electron chi connectivity index (χ0n) is 5.99. The van der Waals surface area contributed by atoms with Crippen LogP contribution < -0.4 is 0 Å². The number of hydrogen-bond donors (Lipinski definition) is 0. The van der Waals surface area contributed by atoms with Crippen molar-refractivity contribution < 1.29 is 8.78 Å². The van der Waals surface area contributed by atoms with Crippen LogP contribution in [0.4, 0.5) is 8.78 Å². The molecule has 0 atom stereocenters. The van der Waals surface area contributed by atoms with E-state index in [2.05, 4.69) is 11.7 Å². The third-order valence-electron chi connectivity index (χ3n) is 1.10. The molecule has 3 heteroatoms. The number of rotatable bonds is 2. The van der Waals surface area contributed by atoms with Gasteiger partial charge in [-0.2, -0.15) is 4.39 Å². The van der Waals surface area contributed by atoms with Gasteiger partial charge in [0.25, 0.3) is 0 Å². The minimum Gasteiger partial charge on any atom is -0.234 e. The molecule has 0 fully saturated rings. The number of halogens is 2. The summed E-state index contributed by atoms with van der Waals surface area (Å²) in [5, 5.41) is 0. The molecule has 10 heavy (non-hydrogen) atoms. The summed E-state index contributed by atoms with van der Waals surface area (Å²) in [4.78, 5) is 2.80. The zero-order valence-corrected chi connectivity index (χ0v) is 5.99. The number of hydrogen-bond acceptors (Lipinski definition) is 1. The van der Waals surface area contributed by atoms with Crippen LogP contribution in [-0.2, 0) is 0 Å². The third kappa shape index (κ3) is 2.09. The predicted octanol–water partition coefficient (Wildman–Crippen LogP) is 2.76. The first-order chi connectivity index (χ1) is 4.63. The average Bonchev–Trinajstić information content (AvgIpc) is 2.00. The summed E-state index contributed by atoms with van der Waals surface area (Å²) >= 11 is 0. The zero-order chi connectivity index (χ0) is 8.15. The van der Waals surface area contributed by atoms with E-state index >= 15 is 0 Å². The van der Waals surface area contributed by atoms with Gasteiger partial charge < -0.3 is 0 Å². The number of nitrogens with zero attached hydrogens (tertiary/aromatic N) is 1. The molecule has 0 heterocycles. The molecule has 1 nitrogen and oxygen atoms in total. The standard InChI is InChI=1S/C7H9F2N/c1-4-5(2)6(8)7(9)10-3/h4H,3H2,1-2H3/b5-4-,7-6+. The second-order valence-corrected chi connectivity index (χ2v) is 1.73. The Bertz CT molecular complexity index is 192. The summed E-state index contributed by atoms with van der Waals surface area (Å²) in [5.41, 5.74) is 0.227. The van der Waals surface area contributed by atoms with Crippen molar-refractivity contribution in [3.63, 3.8) is 0 Å². The molecule has 0 aromatic heterocycles. The number of allylic oxidation sites excluding steroid dienone is 3. The lowest BCUT2D eigenvalue weighted by Crippen LogP contribution is -1.79. The van der Waals surface area contributed by atoms with Crippen LogP contribution in [0.2, 0.25) is 0 Å². The molecular formula is C7H9F2N. The lowest BCUT2D eigenvalue weighted by atomic mass is 10.2. The monoisotopic (exact) mass is 145 g/mol. The van der Waals surface area contributed by atoms with Crippen LogP contribution in [0.3, 0.4) is 0 Å². The third-order valence-corrected chi connectivity index (χ3v) is 1.10. The molecule has 0 aliphatic carbocycles. The van der Waals surface area contributed by atoms with E-state index in [9.17, 15) is 8.78 Å². The van der Waals surface area contributed by atoms with Gasteiger partial charge in [0.05, 0.1) is 0 Å². The van der Waals surface area contributed by atoms with Gasteiger partial charge in [0.15, 0.2) is 5.83 Å². The minimum absolute atomic E-state index is 0.227. The Labute approximate surface area is 58.8 Å². The molecule has 0 aliphatic heterocycles. The molecule has 0 bridgehead atoms. The van der Waals surface area contributed by atoms with Crippen molar-refractivity contribution in [3.8, 4) is 0 Å². The Morgan fingerprint density at radius 2 is 2.00 bits per heavy atom. The Hall–Kier alpha value is -0.990. The Morgan fingerprint density at radius 1 is 1.50 bits per heavy atom. The quantitative estimate of drug-likeness (QED) is 0.322. The second kappa shape index (κ2) is 3.93. The molecule has 0 aromatic carbocycles. The SMILES string of the molecule is C=N/C(F)=C(F)\C(C)=C/C. The Kier molecular flexibility index (Phi) is 3.54. The maximum atomic E-state index is 12.5. The van der Waals surface area contributed by atoms with E-state index in [4.69, 9.17) is 0 Å². The van der Waals surface area contributed by atoms with Gasteiger partial charge in [0.1, 0.15) is 0 Å². The summed E-state index contributed by atoms with van der Waals surface area (Å²) in [6, 6.07) is 0. The summed E-state index contributed by atoms with van der Waals surface area (Å²) < 4.78 is 24.7. The van der Waals surface area contributed by atoms with Crippen LogP contribution in [0.25, 0.3) is 0 Å². The highest BCUT2D eigenvalue weighted by Gasteiger charge is 2.03. The molecule has 0 amide bonds. The maximum absolute atomic E-state index is 12.5. The first-order valence-corrected chi connectivity index (χ1v) is 2.78. The van der Waals surface area contributed by atoms with E-state index < -0.39 is 11.8 Å². The maximum Gasteiger partial charge on any atom is 0.248 e. The van der Waals surface area contributed by atoms with Crippen LogP contribution in [0.5, 0.6) is 0 Å². The van der Waals surface area contributed by atoms with E-state index in [1.807, 2.05) is 0 Å². The topological polar surface area (TPSA) is 12.4 Å². The fraction of sp³-hybridized carbons (Fsp3) is 0.286. The van der Waals surface area contributed by atoms with Gasteiger partial charge in [-0.3, -0.25) is 0 Å². The Morgan fingerprint density at radius 3 is 2.30 bits per heavy atom. The molecule has 0 N–H and O–H groups in total. The average molecular weight is 145 g/mol. The van der Waals surface area contributed by atoms with Crippen molar-refractivity contribution in [2.45, 2.75) is 13.8 Å². The molecule has 0 saturated heterocycles. The smallest absolute Gasteiger partial charge is 0.234 e. The molecule has 0 radical (unpaired) electrons. The normalized spacial score (nSPS) is 14.6. The second-order valence-electron chi connectivity index (χ2n) is 1.73. The minimum atomic E-state index is -1.16. The van der Waals surface area contributed by atoms with Crippen molar-refractivity contribution in [1.82, 2.24) is 0 Å². The molecular weight excluding hydrogens is 136 g/mol. The van der Waals surface area contributed by atoms with Crippen molar-refractivity contribution in [2.24, 2.45) is 4.99 Å². The van der Waals surface area contributed by atoms with Gasteiger partial charge in [-0.05, 0) is 26.1 Å². The molecule has 0 saturated carbocycles. The van der Waals surface area contributed by atoms with Crippen molar-refractivity contribution >= 4 is 6.72 Å². The van der Waals surface area contributed by atoms with Gasteiger partial charge in [0.2, 0.25) is 5.95 Å². The van der Waals surface area contributed by atoms with Crippen LogP contribution in [-0.4, -0.2) is 6.72 Å². The summed E-state index contributed by atoms with van der Waals surface area (Å²) in [5.74, 6) is -2.10. The van der Waals surface area contributed by atoms with E-state index in [0.717, 1.165) is 0 Å². The molecule has 0 spiro atoms. The first kappa shape index (κ1) is 9.01. The molecule has 0 aliphatic rings. The first-order valence-electron chi connectivity index (χ1n) is 2.78. The van der Waals surface area contributed by atoms with Crippen LogP contribution >= 0.6 is 0 Å². The van der Waals surface area contributed by atoms with E-state index in [0.29, 0.717) is 0 Å². The van der Waals surface area contributed by atoms with Gasteiger partial charge in [0, 0.05) is 0 Å². The highest BCUT2D eigenvalue weighted by Crippen LogP contribution is 2.16. The molecule has 0 unspecified atom stereocenters. The fourth-order valence-electron chi connectivity index (χ4n) is 0.359. The van der Waals surface area contributed by atoms with Crippen molar-refractivity contribution in [1.29, 1.82) is 0 Å². The molecule has 0 rings (SSSR count). The number of aliphatic imine (C=N–C) groups is 1. The van der Waals surface area contributed by atoms with Gasteiger partial charge in [-0.15, -0.1) is 0 Å². The summed E-state index contributed by atoms with van der Waals surface area (Å²) in [7, 11) is 0. The lowest BCUT2D eigenvalue weighted by molar-refractivity contribution is 0.540. The van der Waals surface area contributed by atoms with Crippen LogP contribution in [0.15, 0.2) is 28.4 Å². The summed E-state index contributed by atoms with van der Waals surface area (Å²) in [6.45, 7) is 5.92. The predicted molar refractivity (Wildman–Crippen MR) is 38.2 cm³/mol. The van der Waals surface area contributed by atoms with Gasteiger partial charge in [-0.25, -0.2) is 9.38 Å². The Balaban J connectivity index is 4.63.